The average Bonchev–Trinajstić information content (AvgIpc) is 3.22. The second-order valence-corrected chi connectivity index (χ2v) is 8.68. The van der Waals surface area contributed by atoms with Gasteiger partial charge in [-0.3, -0.25) is 0 Å². The lowest BCUT2D eigenvalue weighted by Gasteiger charge is -2.38. The molecule has 32 heavy (non-hydrogen) atoms. The van der Waals surface area contributed by atoms with Gasteiger partial charge in [0.05, 0.1) is 0 Å². The van der Waals surface area contributed by atoms with Crippen LogP contribution in [0.4, 0.5) is 16.2 Å². The average molecular weight is 456 g/mol. The van der Waals surface area contributed by atoms with Gasteiger partial charge in [0.1, 0.15) is 23.7 Å². The summed E-state index contributed by atoms with van der Waals surface area (Å²) in [6.45, 7) is 7.56. The third-order valence-electron chi connectivity index (χ3n) is 6.06. The van der Waals surface area contributed by atoms with Crippen molar-refractivity contribution >= 4 is 29.6 Å². The Kier molecular flexibility index (Phi) is 5.42. The van der Waals surface area contributed by atoms with Gasteiger partial charge in [0, 0.05) is 48.2 Å². The summed E-state index contributed by atoms with van der Waals surface area (Å²) in [7, 11) is 0. The highest BCUT2D eigenvalue weighted by atomic mass is 35.5. The standard InChI is InChI=1S/C22H23ClFN7O/c1-3-31-22(32-18-8-16(23)7-17(24)9-18)28-21(29-31)27-20-14-4-5-15(20)11-30(10-14)19-6-13(2)25-12-26-19/h3,6-9,12,14-15,20H,1,4-5,10-11H2,2H3,(H,27,29)/t14-,15+,20-. The first kappa shape index (κ1) is 20.7. The van der Waals surface area contributed by atoms with E-state index in [-0.39, 0.29) is 22.8 Å². The van der Waals surface area contributed by atoms with Crippen LogP contribution in [0, 0.1) is 24.6 Å². The number of rotatable bonds is 6. The number of ether oxygens (including phenoxy) is 1. The first-order valence-electron chi connectivity index (χ1n) is 10.5. The van der Waals surface area contributed by atoms with Crippen LogP contribution in [0.5, 0.6) is 11.8 Å². The molecule has 2 aromatic heterocycles. The van der Waals surface area contributed by atoms with Crippen LogP contribution in [0.3, 0.4) is 0 Å². The second kappa shape index (κ2) is 8.38. The summed E-state index contributed by atoms with van der Waals surface area (Å²) in [5, 5.41) is 8.18. The summed E-state index contributed by atoms with van der Waals surface area (Å²) in [4.78, 5) is 15.5. The van der Waals surface area contributed by atoms with Gasteiger partial charge in [-0.25, -0.2) is 14.4 Å². The lowest BCUT2D eigenvalue weighted by Crippen LogP contribution is -2.48. The number of halogens is 2. The Morgan fingerprint density at radius 3 is 2.66 bits per heavy atom. The SMILES string of the molecule is C=Cn1nc(N[C@@H]2[C@@H]3CC[C@H]2CN(c2cc(C)ncn2)C3)nc1Oc1cc(F)cc(Cl)c1. The summed E-state index contributed by atoms with van der Waals surface area (Å²) >= 11 is 5.92. The lowest BCUT2D eigenvalue weighted by molar-refractivity contribution is 0.374. The maximum atomic E-state index is 13.6. The molecule has 0 unspecified atom stereocenters. The smallest absolute Gasteiger partial charge is 0.326 e. The van der Waals surface area contributed by atoms with Crippen LogP contribution >= 0.6 is 11.6 Å². The van der Waals surface area contributed by atoms with Gasteiger partial charge in [0.15, 0.2) is 0 Å². The van der Waals surface area contributed by atoms with Crippen molar-refractivity contribution in [3.05, 3.63) is 53.7 Å². The molecule has 1 aliphatic carbocycles. The monoisotopic (exact) mass is 455 g/mol. The highest BCUT2D eigenvalue weighted by molar-refractivity contribution is 6.30. The third-order valence-corrected chi connectivity index (χ3v) is 6.28. The van der Waals surface area contributed by atoms with E-state index in [0.29, 0.717) is 17.8 Å². The summed E-state index contributed by atoms with van der Waals surface area (Å²) in [5.41, 5.74) is 0.967. The second-order valence-electron chi connectivity index (χ2n) is 8.24. The molecule has 2 aliphatic rings. The number of hydrogen-bond donors (Lipinski definition) is 1. The number of hydrogen-bond acceptors (Lipinski definition) is 7. The fourth-order valence-electron chi connectivity index (χ4n) is 4.66. The summed E-state index contributed by atoms with van der Waals surface area (Å²) in [5.74, 6) is 2.09. The zero-order chi connectivity index (χ0) is 22.2. The van der Waals surface area contributed by atoms with Crippen LogP contribution in [0.25, 0.3) is 6.20 Å². The van der Waals surface area contributed by atoms with Crippen molar-refractivity contribution in [2.24, 2.45) is 11.8 Å². The first-order valence-corrected chi connectivity index (χ1v) is 10.9. The number of nitrogens with zero attached hydrogens (tertiary/aromatic N) is 6. The van der Waals surface area contributed by atoms with Gasteiger partial charge < -0.3 is 15.0 Å². The number of benzene rings is 1. The topological polar surface area (TPSA) is 81.0 Å². The molecule has 5 rings (SSSR count). The zero-order valence-corrected chi connectivity index (χ0v) is 18.3. The van der Waals surface area contributed by atoms with E-state index in [2.05, 4.69) is 36.8 Å². The van der Waals surface area contributed by atoms with Crippen molar-refractivity contribution in [1.29, 1.82) is 0 Å². The van der Waals surface area contributed by atoms with Gasteiger partial charge in [-0.2, -0.15) is 9.67 Å². The van der Waals surface area contributed by atoms with Crippen LogP contribution in [-0.2, 0) is 0 Å². The molecule has 2 fully saturated rings. The molecular formula is C22H23ClFN7O. The molecule has 1 saturated heterocycles. The van der Waals surface area contributed by atoms with E-state index in [1.165, 1.54) is 29.1 Å². The van der Waals surface area contributed by atoms with Crippen LogP contribution < -0.4 is 15.0 Å². The van der Waals surface area contributed by atoms with E-state index >= 15 is 0 Å². The van der Waals surface area contributed by atoms with Crippen LogP contribution in [-0.4, -0.2) is 43.9 Å². The van der Waals surface area contributed by atoms with E-state index in [1.807, 2.05) is 13.0 Å². The van der Waals surface area contributed by atoms with Crippen LogP contribution in [0.1, 0.15) is 18.5 Å². The fourth-order valence-corrected chi connectivity index (χ4v) is 4.87. The van der Waals surface area contributed by atoms with E-state index in [9.17, 15) is 4.39 Å². The van der Waals surface area contributed by atoms with Gasteiger partial charge in [0.25, 0.3) is 0 Å². The maximum absolute atomic E-state index is 13.6. The molecule has 3 atom stereocenters. The number of aryl methyl sites for hydroxylation is 1. The molecule has 2 bridgehead atoms. The van der Waals surface area contributed by atoms with Crippen LogP contribution in [0.2, 0.25) is 5.02 Å². The minimum absolute atomic E-state index is 0.186. The minimum Gasteiger partial charge on any atom is -0.424 e. The Bertz CT molecular complexity index is 1120. The van der Waals surface area contributed by atoms with Gasteiger partial charge in [-0.05, 0) is 43.7 Å². The Balaban J connectivity index is 1.31. The third kappa shape index (κ3) is 4.12. The number of aromatic nitrogens is 5. The van der Waals surface area contributed by atoms with E-state index in [1.54, 1.807) is 6.33 Å². The quantitative estimate of drug-likeness (QED) is 0.590. The summed E-state index contributed by atoms with van der Waals surface area (Å²) < 4.78 is 20.8. The van der Waals surface area contributed by atoms with Gasteiger partial charge >= 0.3 is 6.01 Å². The number of fused-ring (bicyclic) bond motifs is 2. The molecule has 1 N–H and O–H groups in total. The van der Waals surface area contributed by atoms with Gasteiger partial charge in [-0.1, -0.05) is 18.2 Å². The lowest BCUT2D eigenvalue weighted by atomic mass is 9.92. The van der Waals surface area contributed by atoms with Crippen molar-refractivity contribution < 1.29 is 9.13 Å². The summed E-state index contributed by atoms with van der Waals surface area (Å²) in [6.07, 6.45) is 5.38. The van der Waals surface area contributed by atoms with E-state index < -0.39 is 5.82 Å². The summed E-state index contributed by atoms with van der Waals surface area (Å²) in [6, 6.07) is 6.45. The highest BCUT2D eigenvalue weighted by Gasteiger charge is 2.43. The number of nitrogens with one attached hydrogen (secondary N) is 1. The molecule has 1 aliphatic heterocycles. The molecule has 1 aromatic carbocycles. The Hall–Kier alpha value is -3.20. The Labute approximate surface area is 190 Å². The molecule has 3 heterocycles. The maximum Gasteiger partial charge on any atom is 0.326 e. The molecule has 1 saturated carbocycles. The van der Waals surface area contributed by atoms with Crippen molar-refractivity contribution in [1.82, 2.24) is 24.7 Å². The fraction of sp³-hybridized carbons (Fsp3) is 0.364. The zero-order valence-electron chi connectivity index (χ0n) is 17.6. The van der Waals surface area contributed by atoms with Crippen molar-refractivity contribution in [2.75, 3.05) is 23.3 Å². The predicted octanol–water partition coefficient (Wildman–Crippen LogP) is 4.39. The molecule has 0 radical (unpaired) electrons. The molecule has 8 nitrogen and oxygen atoms in total. The van der Waals surface area contributed by atoms with Gasteiger partial charge in [0.2, 0.25) is 5.95 Å². The van der Waals surface area contributed by atoms with Crippen molar-refractivity contribution in [2.45, 2.75) is 25.8 Å². The predicted molar refractivity (Wildman–Crippen MR) is 120 cm³/mol. The molecule has 3 aromatic rings. The number of piperidine rings is 1. The van der Waals surface area contributed by atoms with Crippen molar-refractivity contribution in [3.8, 4) is 11.8 Å². The molecule has 166 valence electrons. The normalized spacial score (nSPS) is 22.1. The number of anilines is 2. The van der Waals surface area contributed by atoms with Crippen LogP contribution in [0.15, 0.2) is 37.2 Å². The Morgan fingerprint density at radius 2 is 1.97 bits per heavy atom. The molecule has 10 heteroatoms. The first-order chi connectivity index (χ1) is 15.5. The largest absolute Gasteiger partial charge is 0.424 e. The van der Waals surface area contributed by atoms with Crippen molar-refractivity contribution in [3.63, 3.8) is 0 Å². The highest BCUT2D eigenvalue weighted by Crippen LogP contribution is 2.40. The van der Waals surface area contributed by atoms with Gasteiger partial charge in [-0.15, -0.1) is 5.10 Å². The van der Waals surface area contributed by atoms with E-state index in [4.69, 9.17) is 16.3 Å². The minimum atomic E-state index is -0.488. The van der Waals surface area contributed by atoms with E-state index in [0.717, 1.165) is 37.4 Å². The molecule has 0 amide bonds. The molecule has 0 spiro atoms. The Morgan fingerprint density at radius 1 is 1.19 bits per heavy atom. The molecular weight excluding hydrogens is 433 g/mol.